The molecule has 6 nitrogen and oxygen atoms in total. The number of nitrogens with two attached hydrogens (primary N) is 1. The van der Waals surface area contributed by atoms with Gasteiger partial charge in [-0.1, -0.05) is 82.7 Å². The summed E-state index contributed by atoms with van der Waals surface area (Å²) in [6, 6.07) is 12.7. The molecule has 1 aromatic rings. The molecule has 0 heterocycles. The van der Waals surface area contributed by atoms with Crippen LogP contribution in [0.4, 0.5) is 0 Å². The van der Waals surface area contributed by atoms with E-state index in [1.54, 1.807) is 0 Å². The third-order valence-corrected chi connectivity index (χ3v) is 4.93. The van der Waals surface area contributed by atoms with Gasteiger partial charge < -0.3 is 4.90 Å². The van der Waals surface area contributed by atoms with Crippen LogP contribution in [-0.4, -0.2) is 38.5 Å². The lowest BCUT2D eigenvalue weighted by Gasteiger charge is -2.32. The van der Waals surface area contributed by atoms with Gasteiger partial charge in [0.15, 0.2) is 0 Å². The summed E-state index contributed by atoms with van der Waals surface area (Å²) in [5.41, 5.74) is 0.769. The van der Waals surface area contributed by atoms with E-state index in [0.29, 0.717) is 5.92 Å². The van der Waals surface area contributed by atoms with Gasteiger partial charge in [-0.05, 0) is 38.5 Å². The Balaban J connectivity index is 0.000000538. The molecule has 1 aliphatic rings. The SMILES string of the molecule is C1CCCCC1.CC(C)C(C#N)(CCN(C)C)c1ccccc1.NS(=O)(=O)O. The molecular formula is C21H37N3O3S. The second-order valence-corrected chi connectivity index (χ2v) is 8.82. The molecule has 1 fully saturated rings. The van der Waals surface area contributed by atoms with Crippen LogP contribution in [0, 0.1) is 17.2 Å². The monoisotopic (exact) mass is 411 g/mol. The summed E-state index contributed by atoms with van der Waals surface area (Å²) < 4.78 is 25.2. The first kappa shape index (κ1) is 26.5. The fraction of sp³-hybridized carbons (Fsp3) is 0.667. The van der Waals surface area contributed by atoms with Crippen molar-refractivity contribution in [2.45, 2.75) is 64.2 Å². The average Bonchev–Trinajstić information content (AvgIpc) is 2.64. The van der Waals surface area contributed by atoms with Crippen molar-refractivity contribution in [1.29, 1.82) is 5.26 Å². The smallest absolute Gasteiger partial charge is 0.309 e. The second kappa shape index (κ2) is 13.7. The first-order chi connectivity index (χ1) is 13.0. The van der Waals surface area contributed by atoms with E-state index >= 15 is 0 Å². The first-order valence-corrected chi connectivity index (χ1v) is 11.4. The Labute approximate surface area is 171 Å². The maximum absolute atomic E-state index is 9.64. The third kappa shape index (κ3) is 12.1. The molecule has 7 heteroatoms. The predicted octanol–water partition coefficient (Wildman–Crippen LogP) is 4.14. The van der Waals surface area contributed by atoms with E-state index < -0.39 is 10.3 Å². The molecule has 0 aliphatic heterocycles. The molecule has 0 spiro atoms. The van der Waals surface area contributed by atoms with Crippen LogP contribution in [0.15, 0.2) is 30.3 Å². The van der Waals surface area contributed by atoms with Crippen LogP contribution in [-0.2, 0) is 15.7 Å². The Kier molecular flexibility index (Phi) is 13.0. The quantitative estimate of drug-likeness (QED) is 0.708. The highest BCUT2D eigenvalue weighted by atomic mass is 32.2. The lowest BCUT2D eigenvalue weighted by Crippen LogP contribution is -2.34. The summed E-state index contributed by atoms with van der Waals surface area (Å²) in [6.07, 6.45) is 9.87. The molecular weight excluding hydrogens is 374 g/mol. The molecule has 1 aliphatic carbocycles. The summed E-state index contributed by atoms with van der Waals surface area (Å²) in [4.78, 5) is 2.14. The standard InChI is InChI=1S/C15H22N2.C6H12.H3NO3S/c1-13(2)15(12-16,10-11-17(3)4)14-8-6-5-7-9-14;1-2-4-6-5-3-1;1-5(2,3)4/h5-9,13H,10-11H2,1-4H3;1-6H2;(H3,1,2,3,4). The van der Waals surface area contributed by atoms with Crippen molar-refractivity contribution in [1.82, 2.24) is 4.90 Å². The minimum absolute atomic E-state index is 0.315. The molecule has 0 amide bonds. The summed E-state index contributed by atoms with van der Waals surface area (Å²) in [5.74, 6) is 0.315. The van der Waals surface area contributed by atoms with Crippen molar-refractivity contribution >= 4 is 10.3 Å². The zero-order valence-corrected chi connectivity index (χ0v) is 18.6. The first-order valence-electron chi connectivity index (χ1n) is 9.89. The molecule has 160 valence electrons. The van der Waals surface area contributed by atoms with Gasteiger partial charge >= 0.3 is 10.3 Å². The molecule has 1 unspecified atom stereocenters. The predicted molar refractivity (Wildman–Crippen MR) is 115 cm³/mol. The van der Waals surface area contributed by atoms with Gasteiger partial charge in [0.2, 0.25) is 0 Å². The number of rotatable bonds is 5. The van der Waals surface area contributed by atoms with E-state index in [0.717, 1.165) is 18.5 Å². The Morgan fingerprint density at radius 1 is 1.11 bits per heavy atom. The largest absolute Gasteiger partial charge is 0.330 e. The van der Waals surface area contributed by atoms with E-state index in [1.807, 2.05) is 32.3 Å². The summed E-state index contributed by atoms with van der Waals surface area (Å²) in [6.45, 7) is 5.19. The van der Waals surface area contributed by atoms with E-state index in [9.17, 15) is 5.26 Å². The lowest BCUT2D eigenvalue weighted by molar-refractivity contribution is 0.303. The zero-order valence-electron chi connectivity index (χ0n) is 17.8. The minimum Gasteiger partial charge on any atom is -0.309 e. The van der Waals surface area contributed by atoms with E-state index in [1.165, 1.54) is 38.5 Å². The molecule has 3 N–H and O–H groups in total. The van der Waals surface area contributed by atoms with Crippen LogP contribution >= 0.6 is 0 Å². The molecule has 0 aromatic heterocycles. The van der Waals surface area contributed by atoms with Crippen LogP contribution in [0.5, 0.6) is 0 Å². The number of benzene rings is 1. The molecule has 1 aromatic carbocycles. The number of nitriles is 1. The van der Waals surface area contributed by atoms with E-state index in [4.69, 9.17) is 13.0 Å². The fourth-order valence-corrected chi connectivity index (χ4v) is 3.21. The molecule has 28 heavy (non-hydrogen) atoms. The third-order valence-electron chi connectivity index (χ3n) is 4.93. The molecule has 0 radical (unpaired) electrons. The summed E-state index contributed by atoms with van der Waals surface area (Å²) in [7, 11) is -0.0685. The molecule has 1 saturated carbocycles. The van der Waals surface area contributed by atoms with Crippen molar-refractivity contribution < 1.29 is 13.0 Å². The highest BCUT2D eigenvalue weighted by Gasteiger charge is 2.35. The number of hydrogen-bond donors (Lipinski definition) is 2. The Hall–Kier alpha value is -1.46. The highest BCUT2D eigenvalue weighted by molar-refractivity contribution is 7.83. The van der Waals surface area contributed by atoms with Crippen molar-refractivity contribution in [2.75, 3.05) is 20.6 Å². The Bertz CT molecular complexity index is 646. The maximum atomic E-state index is 9.64. The van der Waals surface area contributed by atoms with Gasteiger partial charge in [0.25, 0.3) is 0 Å². The van der Waals surface area contributed by atoms with Gasteiger partial charge in [-0.2, -0.15) is 13.7 Å². The minimum atomic E-state index is -4.17. The zero-order chi connectivity index (χ0) is 21.6. The topological polar surface area (TPSA) is 107 Å². The normalized spacial score (nSPS) is 16.1. The molecule has 0 saturated heterocycles. The van der Waals surface area contributed by atoms with Crippen molar-refractivity contribution in [3.63, 3.8) is 0 Å². The lowest BCUT2D eigenvalue weighted by atomic mass is 9.70. The molecule has 0 bridgehead atoms. The number of hydrogen-bond acceptors (Lipinski definition) is 4. The van der Waals surface area contributed by atoms with E-state index in [2.05, 4.69) is 42.1 Å². The maximum Gasteiger partial charge on any atom is 0.330 e. The number of nitrogens with zero attached hydrogens (tertiary/aromatic N) is 2. The van der Waals surface area contributed by atoms with Gasteiger partial charge in [0.1, 0.15) is 0 Å². The van der Waals surface area contributed by atoms with Crippen molar-refractivity contribution in [3.05, 3.63) is 35.9 Å². The molecule has 1 atom stereocenters. The van der Waals surface area contributed by atoms with Crippen LogP contribution < -0.4 is 5.14 Å². The van der Waals surface area contributed by atoms with Crippen LogP contribution in [0.3, 0.4) is 0 Å². The average molecular weight is 412 g/mol. The summed E-state index contributed by atoms with van der Waals surface area (Å²) >= 11 is 0. The van der Waals surface area contributed by atoms with Gasteiger partial charge in [0, 0.05) is 0 Å². The summed E-state index contributed by atoms with van der Waals surface area (Å²) in [5, 5.41) is 13.5. The van der Waals surface area contributed by atoms with Crippen LogP contribution in [0.1, 0.15) is 64.4 Å². The Morgan fingerprint density at radius 2 is 1.50 bits per heavy atom. The Morgan fingerprint density at radius 3 is 1.79 bits per heavy atom. The van der Waals surface area contributed by atoms with Gasteiger partial charge in [-0.25, -0.2) is 5.14 Å². The van der Waals surface area contributed by atoms with Crippen LogP contribution in [0.2, 0.25) is 0 Å². The van der Waals surface area contributed by atoms with E-state index in [-0.39, 0.29) is 5.41 Å². The highest BCUT2D eigenvalue weighted by Crippen LogP contribution is 2.35. The van der Waals surface area contributed by atoms with Crippen molar-refractivity contribution in [3.8, 4) is 6.07 Å². The second-order valence-electron chi connectivity index (χ2n) is 7.79. The van der Waals surface area contributed by atoms with Gasteiger partial charge in [-0.3, -0.25) is 4.55 Å². The fourth-order valence-electron chi connectivity index (χ4n) is 3.21. The van der Waals surface area contributed by atoms with Gasteiger partial charge in [0.05, 0.1) is 11.5 Å². The molecule has 2 rings (SSSR count). The van der Waals surface area contributed by atoms with Crippen molar-refractivity contribution in [2.24, 2.45) is 11.1 Å². The van der Waals surface area contributed by atoms with Crippen LogP contribution in [0.25, 0.3) is 0 Å². The van der Waals surface area contributed by atoms with Gasteiger partial charge in [-0.15, -0.1) is 0 Å².